The summed E-state index contributed by atoms with van der Waals surface area (Å²) in [6.45, 7) is 2.45. The molecule has 7 heteroatoms. The first-order valence-corrected chi connectivity index (χ1v) is 9.54. The first kappa shape index (κ1) is 18.8. The van der Waals surface area contributed by atoms with Crippen molar-refractivity contribution >= 4 is 41.9 Å². The quantitative estimate of drug-likeness (QED) is 0.675. The number of hydrogen-bond acceptors (Lipinski definition) is 4. The van der Waals surface area contributed by atoms with Gasteiger partial charge in [0.15, 0.2) is 0 Å². The van der Waals surface area contributed by atoms with E-state index in [-0.39, 0.29) is 10.7 Å². The molecular formula is C18H21Cl2N3OS. The zero-order valence-electron chi connectivity index (χ0n) is 13.9. The molecule has 0 saturated heterocycles. The smallest absolute Gasteiger partial charge is 0.137 e. The Morgan fingerprint density at radius 2 is 2.24 bits per heavy atom. The minimum atomic E-state index is -1.09. The summed E-state index contributed by atoms with van der Waals surface area (Å²) in [5, 5.41) is 17.0. The molecule has 4 nitrogen and oxygen atoms in total. The molecule has 1 aliphatic carbocycles. The molecule has 1 fully saturated rings. The molecule has 0 aliphatic heterocycles. The summed E-state index contributed by atoms with van der Waals surface area (Å²) in [6.07, 6.45) is 9.51. The van der Waals surface area contributed by atoms with Crippen molar-refractivity contribution in [3.63, 3.8) is 0 Å². The summed E-state index contributed by atoms with van der Waals surface area (Å²) >= 11 is 16.9. The van der Waals surface area contributed by atoms with Crippen LogP contribution in [0.4, 0.5) is 0 Å². The zero-order valence-corrected chi connectivity index (χ0v) is 16.3. The maximum absolute atomic E-state index is 11.6. The van der Waals surface area contributed by atoms with Gasteiger partial charge in [0, 0.05) is 20.7 Å². The molecule has 1 aromatic carbocycles. The summed E-state index contributed by atoms with van der Waals surface area (Å²) in [4.78, 5) is 3.98. The van der Waals surface area contributed by atoms with Gasteiger partial charge >= 0.3 is 0 Å². The number of rotatable bonds is 7. The fourth-order valence-electron chi connectivity index (χ4n) is 3.48. The highest BCUT2D eigenvalue weighted by Gasteiger charge is 2.63. The average molecular weight is 398 g/mol. The van der Waals surface area contributed by atoms with Crippen molar-refractivity contribution in [1.29, 1.82) is 0 Å². The molecule has 1 aromatic heterocycles. The maximum atomic E-state index is 11.6. The Bertz CT molecular complexity index is 768. The van der Waals surface area contributed by atoms with Gasteiger partial charge in [-0.15, -0.1) is 0 Å². The summed E-state index contributed by atoms with van der Waals surface area (Å²) in [7, 11) is 0. The van der Waals surface area contributed by atoms with E-state index in [1.54, 1.807) is 23.1 Å². The van der Waals surface area contributed by atoms with Crippen molar-refractivity contribution < 1.29 is 5.11 Å². The second-order valence-electron chi connectivity index (χ2n) is 6.64. The number of thiol groups is 1. The maximum Gasteiger partial charge on any atom is 0.137 e. The Morgan fingerprint density at radius 1 is 1.48 bits per heavy atom. The van der Waals surface area contributed by atoms with Crippen LogP contribution in [0.15, 0.2) is 36.9 Å². The van der Waals surface area contributed by atoms with Gasteiger partial charge in [0.25, 0.3) is 0 Å². The Hall–Kier alpha value is -1.01. The molecule has 2 aromatic rings. The van der Waals surface area contributed by atoms with E-state index in [9.17, 15) is 5.11 Å². The van der Waals surface area contributed by atoms with Gasteiger partial charge in [-0.1, -0.05) is 54.8 Å². The largest absolute Gasteiger partial charge is 0.383 e. The monoisotopic (exact) mass is 397 g/mol. The third kappa shape index (κ3) is 3.75. The van der Waals surface area contributed by atoms with Crippen molar-refractivity contribution in [2.24, 2.45) is 5.41 Å². The predicted molar refractivity (Wildman–Crippen MR) is 105 cm³/mol. The topological polar surface area (TPSA) is 50.9 Å². The number of benzene rings is 1. The van der Waals surface area contributed by atoms with Gasteiger partial charge in [0.1, 0.15) is 18.3 Å². The van der Waals surface area contributed by atoms with Crippen LogP contribution in [0.1, 0.15) is 31.7 Å². The SMILES string of the molecule is CCCC1(C(O)(C=Cc2ccc(Cl)cc2Cl)Cn2cncn2)CC1S. The lowest BCUT2D eigenvalue weighted by atomic mass is 9.79. The van der Waals surface area contributed by atoms with E-state index in [0.29, 0.717) is 16.6 Å². The lowest BCUT2D eigenvalue weighted by Gasteiger charge is -2.35. The molecule has 0 bridgehead atoms. The van der Waals surface area contributed by atoms with Crippen molar-refractivity contribution in [2.45, 2.75) is 43.6 Å². The Labute approximate surface area is 163 Å². The molecule has 25 heavy (non-hydrogen) atoms. The van der Waals surface area contributed by atoms with Gasteiger partial charge in [-0.25, -0.2) is 9.67 Å². The minimum Gasteiger partial charge on any atom is -0.383 e. The molecule has 1 heterocycles. The van der Waals surface area contributed by atoms with Crippen LogP contribution in [0, 0.1) is 5.41 Å². The van der Waals surface area contributed by atoms with E-state index in [4.69, 9.17) is 23.2 Å². The summed E-state index contributed by atoms with van der Waals surface area (Å²) < 4.78 is 1.66. The van der Waals surface area contributed by atoms with Gasteiger partial charge < -0.3 is 5.11 Å². The first-order chi connectivity index (χ1) is 11.9. The van der Waals surface area contributed by atoms with E-state index in [1.165, 1.54) is 6.33 Å². The average Bonchev–Trinajstić information content (AvgIpc) is 2.97. The van der Waals surface area contributed by atoms with Crippen molar-refractivity contribution in [3.8, 4) is 0 Å². The molecular weight excluding hydrogens is 377 g/mol. The molecule has 0 spiro atoms. The van der Waals surface area contributed by atoms with E-state index < -0.39 is 5.60 Å². The first-order valence-electron chi connectivity index (χ1n) is 8.27. The van der Waals surface area contributed by atoms with Gasteiger partial charge in [-0.3, -0.25) is 0 Å². The van der Waals surface area contributed by atoms with Crippen LogP contribution >= 0.6 is 35.8 Å². The second-order valence-corrected chi connectivity index (χ2v) is 8.11. The third-order valence-electron chi connectivity index (χ3n) is 4.96. The predicted octanol–water partition coefficient (Wildman–Crippen LogP) is 4.52. The van der Waals surface area contributed by atoms with Gasteiger partial charge in [-0.2, -0.15) is 17.7 Å². The van der Waals surface area contributed by atoms with Crippen LogP contribution < -0.4 is 0 Å². The molecule has 1 aliphatic rings. The highest BCUT2D eigenvalue weighted by Crippen LogP contribution is 2.61. The van der Waals surface area contributed by atoms with Crippen molar-refractivity contribution in [2.75, 3.05) is 0 Å². The van der Waals surface area contributed by atoms with Gasteiger partial charge in [0.05, 0.1) is 6.54 Å². The lowest BCUT2D eigenvalue weighted by Crippen LogP contribution is -2.43. The number of aromatic nitrogens is 3. The number of aliphatic hydroxyl groups is 1. The van der Waals surface area contributed by atoms with Crippen LogP contribution in [0.2, 0.25) is 10.0 Å². The molecule has 1 N–H and O–H groups in total. The zero-order chi connectivity index (χ0) is 18.1. The van der Waals surface area contributed by atoms with E-state index in [0.717, 1.165) is 24.8 Å². The highest BCUT2D eigenvalue weighted by atomic mass is 35.5. The Kier molecular flexibility index (Phi) is 5.49. The number of nitrogens with zero attached hydrogens (tertiary/aromatic N) is 3. The molecule has 3 unspecified atom stereocenters. The minimum absolute atomic E-state index is 0.159. The third-order valence-corrected chi connectivity index (χ3v) is 6.20. The van der Waals surface area contributed by atoms with Crippen molar-refractivity contribution in [3.05, 3.63) is 52.5 Å². The fraction of sp³-hybridized carbons (Fsp3) is 0.444. The van der Waals surface area contributed by atoms with Gasteiger partial charge in [-0.05, 0) is 30.5 Å². The molecule has 1 saturated carbocycles. The van der Waals surface area contributed by atoms with Crippen LogP contribution in [0.25, 0.3) is 6.08 Å². The fourth-order valence-corrected chi connectivity index (χ4v) is 4.63. The summed E-state index contributed by atoms with van der Waals surface area (Å²) in [5.41, 5.74) is -0.552. The normalized spacial score (nSPS) is 25.2. The molecule has 3 rings (SSSR count). The lowest BCUT2D eigenvalue weighted by molar-refractivity contribution is -0.00819. The second kappa shape index (κ2) is 7.31. The van der Waals surface area contributed by atoms with Crippen LogP contribution in [-0.4, -0.2) is 30.7 Å². The molecule has 3 atom stereocenters. The van der Waals surface area contributed by atoms with Crippen LogP contribution in [0.3, 0.4) is 0 Å². The Balaban J connectivity index is 1.95. The number of hydrogen-bond donors (Lipinski definition) is 2. The van der Waals surface area contributed by atoms with E-state index in [2.05, 4.69) is 29.6 Å². The molecule has 0 radical (unpaired) electrons. The van der Waals surface area contributed by atoms with E-state index >= 15 is 0 Å². The molecule has 134 valence electrons. The van der Waals surface area contributed by atoms with Crippen molar-refractivity contribution in [1.82, 2.24) is 14.8 Å². The molecule has 0 amide bonds. The Morgan fingerprint density at radius 3 is 2.80 bits per heavy atom. The van der Waals surface area contributed by atoms with Gasteiger partial charge in [0.2, 0.25) is 0 Å². The standard InChI is InChI=1S/C18H21Cl2N3OS/c1-2-6-17(9-16(17)25)18(24,10-23-12-21-11-22-23)7-5-13-3-4-14(19)8-15(13)20/h3-5,7-8,11-12,16,24-25H,2,6,9-10H2,1H3. The number of halogens is 2. The summed E-state index contributed by atoms with van der Waals surface area (Å²) in [6, 6.07) is 5.32. The van der Waals surface area contributed by atoms with Crippen LogP contribution in [0.5, 0.6) is 0 Å². The van der Waals surface area contributed by atoms with Crippen LogP contribution in [-0.2, 0) is 6.54 Å². The van der Waals surface area contributed by atoms with E-state index in [1.807, 2.05) is 18.2 Å². The summed E-state index contributed by atoms with van der Waals surface area (Å²) in [5.74, 6) is 0. The highest BCUT2D eigenvalue weighted by molar-refractivity contribution is 7.81.